The van der Waals surface area contributed by atoms with Crippen LogP contribution in [0.3, 0.4) is 0 Å². The van der Waals surface area contributed by atoms with E-state index in [9.17, 15) is 26.4 Å². The summed E-state index contributed by atoms with van der Waals surface area (Å²) in [7, 11) is -3.99. The second-order valence-corrected chi connectivity index (χ2v) is 9.15. The lowest BCUT2D eigenvalue weighted by molar-refractivity contribution is -0.133. The average Bonchev–Trinajstić information content (AvgIpc) is 2.62. The minimum Gasteiger partial charge on any atom is -0.338 e. The zero-order chi connectivity index (χ0) is 23.1. The fourth-order valence-electron chi connectivity index (χ4n) is 3.20. The summed E-state index contributed by atoms with van der Waals surface area (Å²) in [6, 6.07) is 0.545. The van der Waals surface area contributed by atoms with Crippen LogP contribution >= 0.6 is 0 Å². The maximum absolute atomic E-state index is 13.8. The summed E-state index contributed by atoms with van der Waals surface area (Å²) in [6.45, 7) is 5.71. The van der Waals surface area contributed by atoms with Gasteiger partial charge in [-0.25, -0.2) is 18.3 Å². The predicted octanol–water partition coefficient (Wildman–Crippen LogP) is 1.81. The van der Waals surface area contributed by atoms with Crippen LogP contribution < -0.4 is 15.6 Å². The average molecular weight is 453 g/mol. The molecule has 11 heteroatoms. The molecule has 7 nitrogen and oxygen atoms in total. The summed E-state index contributed by atoms with van der Waals surface area (Å²) >= 11 is 0. The number of rotatable bonds is 12. The molecule has 1 unspecified atom stereocenters. The van der Waals surface area contributed by atoms with Crippen LogP contribution in [0.15, 0.2) is 12.1 Å². The van der Waals surface area contributed by atoms with Gasteiger partial charge in [-0.2, -0.15) is 13.1 Å². The van der Waals surface area contributed by atoms with Gasteiger partial charge in [-0.15, -0.1) is 0 Å². The summed E-state index contributed by atoms with van der Waals surface area (Å²) in [5.41, 5.74) is 6.05. The second kappa shape index (κ2) is 11.6. The van der Waals surface area contributed by atoms with E-state index in [2.05, 4.69) is 0 Å². The summed E-state index contributed by atoms with van der Waals surface area (Å²) < 4.78 is 64.4. The molecule has 1 rings (SSSR count). The molecular weight excluding hydrogens is 421 g/mol. The van der Waals surface area contributed by atoms with Gasteiger partial charge in [0.1, 0.15) is 5.82 Å². The van der Waals surface area contributed by atoms with Crippen LogP contribution in [0.2, 0.25) is 0 Å². The zero-order valence-electron chi connectivity index (χ0n) is 17.5. The first-order valence-corrected chi connectivity index (χ1v) is 11.3. The topological polar surface area (TPSA) is 119 Å². The van der Waals surface area contributed by atoms with Crippen molar-refractivity contribution in [2.45, 2.75) is 58.5 Å². The highest BCUT2D eigenvalue weighted by Crippen LogP contribution is 2.19. The van der Waals surface area contributed by atoms with Crippen LogP contribution in [0.4, 0.5) is 13.2 Å². The standard InChI is InChI=1S/C19H31F3N4O3S/c1-4-15(26(11-12(2)3)19(27)10-25-30(24,28)29)6-5-14(23)7-13-8-17(21)18(22)9-16(13)20/h8-9,12,14-15,25H,4-7,10-11,23H2,1-3H3,(H2,24,28,29)/t14-,15?/m0/s1. The van der Waals surface area contributed by atoms with Crippen molar-refractivity contribution in [3.05, 3.63) is 35.1 Å². The van der Waals surface area contributed by atoms with Crippen LogP contribution in [-0.2, 0) is 21.4 Å². The van der Waals surface area contributed by atoms with Gasteiger partial charge in [-0.1, -0.05) is 20.8 Å². The molecule has 5 N–H and O–H groups in total. The minimum atomic E-state index is -3.99. The lowest BCUT2D eigenvalue weighted by Crippen LogP contribution is -2.48. The number of hydrogen-bond acceptors (Lipinski definition) is 4. The molecule has 0 heterocycles. The molecule has 0 aliphatic heterocycles. The van der Waals surface area contributed by atoms with E-state index in [1.807, 2.05) is 25.5 Å². The predicted molar refractivity (Wildman–Crippen MR) is 109 cm³/mol. The van der Waals surface area contributed by atoms with Crippen molar-refractivity contribution in [1.29, 1.82) is 0 Å². The number of nitrogens with one attached hydrogen (secondary N) is 1. The summed E-state index contributed by atoms with van der Waals surface area (Å²) in [4.78, 5) is 14.2. The van der Waals surface area contributed by atoms with Gasteiger partial charge in [-0.3, -0.25) is 4.79 Å². The van der Waals surface area contributed by atoms with Gasteiger partial charge >= 0.3 is 0 Å². The van der Waals surface area contributed by atoms with E-state index in [-0.39, 0.29) is 23.9 Å². The van der Waals surface area contributed by atoms with Crippen molar-refractivity contribution in [2.75, 3.05) is 13.1 Å². The van der Waals surface area contributed by atoms with Crippen molar-refractivity contribution in [1.82, 2.24) is 9.62 Å². The van der Waals surface area contributed by atoms with Crippen molar-refractivity contribution in [3.8, 4) is 0 Å². The van der Waals surface area contributed by atoms with Crippen LogP contribution in [0.1, 0.15) is 45.6 Å². The quantitative estimate of drug-likeness (QED) is 0.419. The zero-order valence-corrected chi connectivity index (χ0v) is 18.3. The largest absolute Gasteiger partial charge is 0.338 e. The third kappa shape index (κ3) is 8.99. The van der Waals surface area contributed by atoms with E-state index in [0.29, 0.717) is 31.9 Å². The maximum Gasteiger partial charge on any atom is 0.274 e. The number of halogens is 3. The SMILES string of the molecule is CCC(CC[C@H](N)Cc1cc(F)c(F)cc1F)N(CC(C)C)C(=O)CNS(N)(=O)=O. The fraction of sp³-hybridized carbons (Fsp3) is 0.632. The number of benzene rings is 1. The first-order valence-electron chi connectivity index (χ1n) is 9.79. The molecule has 0 spiro atoms. The third-order valence-corrected chi connectivity index (χ3v) is 5.21. The van der Waals surface area contributed by atoms with Crippen LogP contribution in [0.5, 0.6) is 0 Å². The third-order valence-electron chi connectivity index (χ3n) is 4.66. The van der Waals surface area contributed by atoms with Crippen molar-refractivity contribution in [2.24, 2.45) is 16.8 Å². The summed E-state index contributed by atoms with van der Waals surface area (Å²) in [5, 5.41) is 4.89. The maximum atomic E-state index is 13.8. The monoisotopic (exact) mass is 452 g/mol. The molecule has 0 aliphatic carbocycles. The Balaban J connectivity index is 2.79. The van der Waals surface area contributed by atoms with Gasteiger partial charge in [0.15, 0.2) is 11.6 Å². The van der Waals surface area contributed by atoms with E-state index < -0.39 is 46.2 Å². The van der Waals surface area contributed by atoms with Gasteiger partial charge in [0.25, 0.3) is 10.2 Å². The highest BCUT2D eigenvalue weighted by atomic mass is 32.2. The van der Waals surface area contributed by atoms with Crippen LogP contribution in [-0.4, -0.2) is 44.4 Å². The molecule has 1 aromatic carbocycles. The highest BCUT2D eigenvalue weighted by molar-refractivity contribution is 7.87. The minimum absolute atomic E-state index is 0.0121. The molecule has 0 aromatic heterocycles. The Morgan fingerprint density at radius 3 is 2.27 bits per heavy atom. The van der Waals surface area contributed by atoms with E-state index >= 15 is 0 Å². The molecule has 0 aliphatic rings. The van der Waals surface area contributed by atoms with E-state index in [0.717, 1.165) is 6.07 Å². The first-order chi connectivity index (χ1) is 13.8. The normalized spacial score (nSPS) is 14.0. The number of carbonyl (C=O) groups excluding carboxylic acids is 1. The van der Waals surface area contributed by atoms with E-state index in [4.69, 9.17) is 10.9 Å². The second-order valence-electron chi connectivity index (χ2n) is 7.77. The van der Waals surface area contributed by atoms with Crippen molar-refractivity contribution >= 4 is 16.1 Å². The number of nitrogens with zero attached hydrogens (tertiary/aromatic N) is 1. The Labute approximate surface area is 176 Å². The smallest absolute Gasteiger partial charge is 0.274 e. The molecule has 0 bridgehead atoms. The fourth-order valence-corrected chi connectivity index (χ4v) is 3.53. The Kier molecular flexibility index (Phi) is 10.2. The highest BCUT2D eigenvalue weighted by Gasteiger charge is 2.24. The van der Waals surface area contributed by atoms with Crippen LogP contribution in [0, 0.1) is 23.4 Å². The molecule has 172 valence electrons. The molecule has 1 aromatic rings. The molecule has 0 fully saturated rings. The Morgan fingerprint density at radius 1 is 1.13 bits per heavy atom. The molecule has 0 radical (unpaired) electrons. The lowest BCUT2D eigenvalue weighted by atomic mass is 9.97. The molecule has 30 heavy (non-hydrogen) atoms. The Morgan fingerprint density at radius 2 is 1.73 bits per heavy atom. The van der Waals surface area contributed by atoms with Crippen LogP contribution in [0.25, 0.3) is 0 Å². The molecular formula is C19H31F3N4O3S. The molecule has 2 atom stereocenters. The lowest BCUT2D eigenvalue weighted by Gasteiger charge is -2.33. The molecule has 1 amide bonds. The number of amides is 1. The molecule has 0 saturated carbocycles. The van der Waals surface area contributed by atoms with Gasteiger partial charge in [0.05, 0.1) is 6.54 Å². The van der Waals surface area contributed by atoms with Gasteiger partial charge in [0.2, 0.25) is 5.91 Å². The Bertz CT molecular complexity index is 821. The van der Waals surface area contributed by atoms with Crippen molar-refractivity contribution < 1.29 is 26.4 Å². The Hall–Kier alpha value is -1.69. The number of nitrogens with two attached hydrogens (primary N) is 2. The molecule has 0 saturated heterocycles. The summed E-state index contributed by atoms with van der Waals surface area (Å²) in [6.07, 6.45) is 1.50. The van der Waals surface area contributed by atoms with Gasteiger partial charge < -0.3 is 10.6 Å². The number of hydrogen-bond donors (Lipinski definition) is 3. The van der Waals surface area contributed by atoms with E-state index in [1.165, 1.54) is 0 Å². The summed E-state index contributed by atoms with van der Waals surface area (Å²) in [5.74, 6) is -3.53. The van der Waals surface area contributed by atoms with Crippen molar-refractivity contribution in [3.63, 3.8) is 0 Å². The number of carbonyl (C=O) groups is 1. The first kappa shape index (κ1) is 26.3. The van der Waals surface area contributed by atoms with Gasteiger partial charge in [0, 0.05) is 24.7 Å². The van der Waals surface area contributed by atoms with E-state index in [1.54, 1.807) is 4.90 Å². The van der Waals surface area contributed by atoms with Gasteiger partial charge in [-0.05, 0) is 43.2 Å².